The third-order valence-corrected chi connectivity index (χ3v) is 10.5. The Bertz CT molecular complexity index is 2910. The molecule has 9 rings (SSSR count). The maximum atomic E-state index is 12.8. The van der Waals surface area contributed by atoms with Gasteiger partial charge in [0.15, 0.2) is 34.9 Å². The molecular weight excluding hydrogens is 893 g/mol. The second kappa shape index (κ2) is 20.9. The Labute approximate surface area is 399 Å². The fourth-order valence-electron chi connectivity index (χ4n) is 7.14. The van der Waals surface area contributed by atoms with Crippen LogP contribution in [0, 0.1) is 0 Å². The van der Waals surface area contributed by atoms with E-state index in [2.05, 4.69) is 29.9 Å². The fraction of sp³-hybridized carbons (Fsp3) is 0.0741. The summed E-state index contributed by atoms with van der Waals surface area (Å²) in [6.45, 7) is -0.598. The van der Waals surface area contributed by atoms with Gasteiger partial charge in [0.1, 0.15) is 72.1 Å². The molecule has 70 heavy (non-hydrogen) atoms. The zero-order valence-electron chi connectivity index (χ0n) is 36.9. The van der Waals surface area contributed by atoms with E-state index < -0.39 is 11.9 Å². The number of rotatable bonds is 16. The molecule has 0 radical (unpaired) electrons. The van der Waals surface area contributed by atoms with Gasteiger partial charge in [-0.2, -0.15) is 0 Å². The summed E-state index contributed by atoms with van der Waals surface area (Å²) in [7, 11) is 0. The summed E-state index contributed by atoms with van der Waals surface area (Å²) < 4.78 is 22.0. The first kappa shape index (κ1) is 45.5. The molecule has 2 heterocycles. The van der Waals surface area contributed by atoms with Crippen molar-refractivity contribution in [1.29, 1.82) is 0 Å². The fourth-order valence-corrected chi connectivity index (χ4v) is 7.14. The predicted molar refractivity (Wildman–Crippen MR) is 257 cm³/mol. The van der Waals surface area contributed by atoms with Crippen molar-refractivity contribution >= 4 is 11.9 Å². The molecular formula is C54H40N6O10. The van der Waals surface area contributed by atoms with Gasteiger partial charge in [0.25, 0.3) is 0 Å². The molecule has 2 aromatic heterocycles. The topological polar surface area (TPSA) is 229 Å². The van der Waals surface area contributed by atoms with E-state index in [0.29, 0.717) is 23.3 Å². The summed E-state index contributed by atoms with van der Waals surface area (Å²) in [5.74, 6) is -1.05. The van der Waals surface area contributed by atoms with Crippen LogP contribution in [0.1, 0.15) is 20.7 Å². The standard InChI is InChI=1S/C54H40N6O10/c61-41-29-39(30-42(62)45(41)51-57-47(33-13-5-1-6-14-33)55-48(58-51)34-15-7-2-8-16-34)67-25-27-69-53(65)37-21-23-38(24-22-37)54(66)70-28-26-68-40-31-43(63)46(44(64)32-40)52-59-49(35-17-9-3-10-18-35)56-50(60-52)36-19-11-4-12-20-36/h1-24,29-32,61-64H,25-28H2. The molecule has 0 aliphatic heterocycles. The molecule has 0 saturated carbocycles. The number of aromatic nitrogens is 6. The van der Waals surface area contributed by atoms with Crippen LogP contribution in [0.25, 0.3) is 68.3 Å². The van der Waals surface area contributed by atoms with Gasteiger partial charge < -0.3 is 39.4 Å². The SMILES string of the molecule is O=C(OCCOc1cc(O)c(-c2nc(-c3ccccc3)nc(-c3ccccc3)n2)c(O)c1)c1ccc(C(=O)OCCOc2cc(O)c(-c3nc(-c4ccccc4)nc(-c4ccccc4)n3)c(O)c2)cc1. The monoisotopic (exact) mass is 932 g/mol. The van der Waals surface area contributed by atoms with Gasteiger partial charge in [0, 0.05) is 46.5 Å². The van der Waals surface area contributed by atoms with Crippen molar-refractivity contribution in [3.05, 3.63) is 181 Å². The Morgan fingerprint density at radius 3 is 0.871 bits per heavy atom. The molecule has 0 aliphatic carbocycles. The molecule has 4 N–H and O–H groups in total. The molecule has 0 atom stereocenters. The van der Waals surface area contributed by atoms with E-state index in [-0.39, 0.29) is 94.8 Å². The van der Waals surface area contributed by atoms with E-state index in [1.54, 1.807) is 0 Å². The van der Waals surface area contributed by atoms with Gasteiger partial charge in [0.2, 0.25) is 0 Å². The van der Waals surface area contributed by atoms with Gasteiger partial charge in [-0.05, 0) is 24.3 Å². The molecule has 16 nitrogen and oxygen atoms in total. The number of hydrogen-bond donors (Lipinski definition) is 4. The van der Waals surface area contributed by atoms with Crippen molar-refractivity contribution in [2.45, 2.75) is 0 Å². The van der Waals surface area contributed by atoms with E-state index in [4.69, 9.17) is 18.9 Å². The van der Waals surface area contributed by atoms with Crippen molar-refractivity contribution in [3.8, 4) is 103 Å². The van der Waals surface area contributed by atoms with Crippen molar-refractivity contribution in [3.63, 3.8) is 0 Å². The lowest BCUT2D eigenvalue weighted by atomic mass is 10.1. The van der Waals surface area contributed by atoms with Crippen molar-refractivity contribution < 1.29 is 49.0 Å². The van der Waals surface area contributed by atoms with E-state index in [1.165, 1.54) is 48.5 Å². The summed E-state index contributed by atoms with van der Waals surface area (Å²) in [4.78, 5) is 53.1. The van der Waals surface area contributed by atoms with Gasteiger partial charge in [-0.3, -0.25) is 0 Å². The van der Waals surface area contributed by atoms with Crippen molar-refractivity contribution in [1.82, 2.24) is 29.9 Å². The van der Waals surface area contributed by atoms with Crippen LogP contribution in [0.2, 0.25) is 0 Å². The van der Waals surface area contributed by atoms with Crippen LogP contribution in [0.15, 0.2) is 170 Å². The normalized spacial score (nSPS) is 10.9. The molecule has 0 aliphatic rings. The highest BCUT2D eigenvalue weighted by molar-refractivity contribution is 5.93. The number of phenolic OH excluding ortho intramolecular Hbond substituents is 4. The maximum Gasteiger partial charge on any atom is 0.338 e. The third-order valence-electron chi connectivity index (χ3n) is 10.5. The number of ether oxygens (including phenoxy) is 4. The van der Waals surface area contributed by atoms with Gasteiger partial charge >= 0.3 is 11.9 Å². The number of carbonyl (C=O) groups is 2. The van der Waals surface area contributed by atoms with Crippen molar-refractivity contribution in [2.75, 3.05) is 26.4 Å². The second-order valence-electron chi connectivity index (χ2n) is 15.3. The summed E-state index contributed by atoms with van der Waals surface area (Å²) in [6, 6.07) is 47.9. The van der Waals surface area contributed by atoms with Crippen LogP contribution < -0.4 is 9.47 Å². The molecule has 0 spiro atoms. The summed E-state index contributed by atoms with van der Waals surface area (Å²) >= 11 is 0. The van der Waals surface area contributed by atoms with Crippen molar-refractivity contribution in [2.24, 2.45) is 0 Å². The van der Waals surface area contributed by atoms with Crippen LogP contribution >= 0.6 is 0 Å². The number of hydrogen-bond acceptors (Lipinski definition) is 16. The molecule has 0 amide bonds. The van der Waals surface area contributed by atoms with E-state index in [1.807, 2.05) is 121 Å². The van der Waals surface area contributed by atoms with E-state index in [9.17, 15) is 30.0 Å². The summed E-state index contributed by atoms with van der Waals surface area (Å²) in [6.07, 6.45) is 0. The van der Waals surface area contributed by atoms with Crippen LogP contribution in [-0.4, -0.2) is 88.7 Å². The highest BCUT2D eigenvalue weighted by Crippen LogP contribution is 2.41. The first-order chi connectivity index (χ1) is 34.2. The van der Waals surface area contributed by atoms with Crippen LogP contribution in [0.3, 0.4) is 0 Å². The van der Waals surface area contributed by atoms with E-state index in [0.717, 1.165) is 22.3 Å². The first-order valence-corrected chi connectivity index (χ1v) is 21.7. The number of nitrogens with zero attached hydrogens (tertiary/aromatic N) is 6. The maximum absolute atomic E-state index is 12.8. The third kappa shape index (κ3) is 10.6. The number of esters is 2. The zero-order valence-corrected chi connectivity index (χ0v) is 36.9. The minimum atomic E-state index is -0.683. The number of aromatic hydroxyl groups is 4. The lowest BCUT2D eigenvalue weighted by molar-refractivity contribution is 0.0437. The lowest BCUT2D eigenvalue weighted by Gasteiger charge is -2.13. The number of phenols is 4. The summed E-state index contributed by atoms with van der Waals surface area (Å²) in [5, 5.41) is 44.2. The Morgan fingerprint density at radius 2 is 0.600 bits per heavy atom. The average Bonchev–Trinajstić information content (AvgIpc) is 3.39. The number of carbonyl (C=O) groups excluding carboxylic acids is 2. The smallest absolute Gasteiger partial charge is 0.338 e. The minimum absolute atomic E-state index is 0.0189. The zero-order chi connectivity index (χ0) is 48.4. The first-order valence-electron chi connectivity index (χ1n) is 21.7. The molecule has 7 aromatic carbocycles. The van der Waals surface area contributed by atoms with Gasteiger partial charge in [-0.1, -0.05) is 121 Å². The highest BCUT2D eigenvalue weighted by Gasteiger charge is 2.22. The predicted octanol–water partition coefficient (Wildman–Crippen LogP) is 9.35. The Kier molecular flexibility index (Phi) is 13.5. The minimum Gasteiger partial charge on any atom is -0.507 e. The molecule has 9 aromatic rings. The van der Waals surface area contributed by atoms with Crippen LogP contribution in [0.5, 0.6) is 34.5 Å². The van der Waals surface area contributed by atoms with Gasteiger partial charge in [-0.25, -0.2) is 39.5 Å². The molecule has 0 unspecified atom stereocenters. The van der Waals surface area contributed by atoms with Crippen LogP contribution in [0.4, 0.5) is 0 Å². The molecule has 0 bridgehead atoms. The highest BCUT2D eigenvalue weighted by atomic mass is 16.6. The Hall–Kier alpha value is -9.70. The largest absolute Gasteiger partial charge is 0.507 e. The molecule has 0 fully saturated rings. The van der Waals surface area contributed by atoms with Gasteiger partial charge in [-0.15, -0.1) is 0 Å². The Balaban J connectivity index is 0.762. The quantitative estimate of drug-likeness (QED) is 0.0522. The number of benzene rings is 7. The molecule has 0 saturated heterocycles. The Morgan fingerprint density at radius 1 is 0.343 bits per heavy atom. The van der Waals surface area contributed by atoms with Gasteiger partial charge in [0.05, 0.1) is 11.1 Å². The van der Waals surface area contributed by atoms with Crippen LogP contribution in [-0.2, 0) is 9.47 Å². The van der Waals surface area contributed by atoms with E-state index >= 15 is 0 Å². The lowest BCUT2D eigenvalue weighted by Crippen LogP contribution is -2.14. The average molecular weight is 933 g/mol. The molecule has 16 heteroatoms. The summed E-state index contributed by atoms with van der Waals surface area (Å²) in [5.41, 5.74) is 3.16. The second-order valence-corrected chi connectivity index (χ2v) is 15.3. The molecule has 346 valence electrons.